The summed E-state index contributed by atoms with van der Waals surface area (Å²) in [6.07, 6.45) is -0.408. The molecule has 4 heteroatoms. The van der Waals surface area contributed by atoms with Crippen LogP contribution in [0.5, 0.6) is 0 Å². The van der Waals surface area contributed by atoms with Gasteiger partial charge < -0.3 is 9.94 Å². The highest BCUT2D eigenvalue weighted by atomic mass is 16.7. The van der Waals surface area contributed by atoms with Crippen molar-refractivity contribution < 1.29 is 14.7 Å². The molecule has 18 heavy (non-hydrogen) atoms. The number of fused-ring (bicyclic) bond motifs is 1. The van der Waals surface area contributed by atoms with Crippen molar-refractivity contribution in [1.82, 2.24) is 0 Å². The standard InChI is InChI=1S/C14H15NO3/c1-8-3-5-9(6-4-8)12-11-10(16)7-14(2,17)13(11)18-15-12/h3-6,11,13,17H,7H2,1-2H3/t11-,13+,14+/m1/s1. The molecular formula is C14H15NO3. The van der Waals surface area contributed by atoms with Gasteiger partial charge in [-0.05, 0) is 13.8 Å². The molecule has 1 saturated carbocycles. The van der Waals surface area contributed by atoms with Gasteiger partial charge in [0, 0.05) is 12.0 Å². The highest BCUT2D eigenvalue weighted by Gasteiger charge is 2.56. The van der Waals surface area contributed by atoms with Crippen LogP contribution in [0.25, 0.3) is 0 Å². The molecule has 1 fully saturated rings. The van der Waals surface area contributed by atoms with E-state index in [0.29, 0.717) is 5.71 Å². The predicted molar refractivity (Wildman–Crippen MR) is 66.3 cm³/mol. The Hall–Kier alpha value is -1.68. The first-order valence-corrected chi connectivity index (χ1v) is 6.05. The van der Waals surface area contributed by atoms with Crippen molar-refractivity contribution in [2.24, 2.45) is 11.1 Å². The first-order chi connectivity index (χ1) is 8.49. The molecule has 1 aliphatic heterocycles. The van der Waals surface area contributed by atoms with E-state index in [2.05, 4.69) is 5.16 Å². The Morgan fingerprint density at radius 1 is 1.39 bits per heavy atom. The summed E-state index contributed by atoms with van der Waals surface area (Å²) < 4.78 is 0. The number of Topliss-reactive ketones (excluding diaryl/α,β-unsaturated/α-hetero) is 1. The van der Waals surface area contributed by atoms with Crippen molar-refractivity contribution in [1.29, 1.82) is 0 Å². The number of carbonyl (C=O) groups excluding carboxylic acids is 1. The lowest BCUT2D eigenvalue weighted by Gasteiger charge is -2.20. The molecule has 94 valence electrons. The third-order valence-corrected chi connectivity index (χ3v) is 3.70. The van der Waals surface area contributed by atoms with Crippen LogP contribution in [0.1, 0.15) is 24.5 Å². The van der Waals surface area contributed by atoms with Crippen molar-refractivity contribution in [3.63, 3.8) is 0 Å². The SMILES string of the molecule is Cc1ccc(C2=NO[C@H]3[C@@H]2C(=O)C[C@]3(C)O)cc1. The van der Waals surface area contributed by atoms with E-state index in [1.54, 1.807) is 6.92 Å². The number of oxime groups is 1. The Morgan fingerprint density at radius 3 is 2.72 bits per heavy atom. The summed E-state index contributed by atoms with van der Waals surface area (Å²) in [7, 11) is 0. The normalized spacial score (nSPS) is 34.2. The number of aliphatic hydroxyl groups is 1. The van der Waals surface area contributed by atoms with Crippen molar-refractivity contribution in [2.45, 2.75) is 32.0 Å². The predicted octanol–water partition coefficient (Wildman–Crippen LogP) is 1.44. The van der Waals surface area contributed by atoms with E-state index in [9.17, 15) is 9.90 Å². The second kappa shape index (κ2) is 3.65. The third-order valence-electron chi connectivity index (χ3n) is 3.70. The molecule has 0 unspecified atom stereocenters. The second-order valence-electron chi connectivity index (χ2n) is 5.35. The zero-order valence-electron chi connectivity index (χ0n) is 10.4. The van der Waals surface area contributed by atoms with E-state index < -0.39 is 17.6 Å². The topological polar surface area (TPSA) is 58.9 Å². The Balaban J connectivity index is 1.97. The first-order valence-electron chi connectivity index (χ1n) is 6.05. The average Bonchev–Trinajstić information content (AvgIpc) is 2.82. The van der Waals surface area contributed by atoms with Crippen molar-refractivity contribution in [2.75, 3.05) is 0 Å². The first kappa shape index (κ1) is 11.4. The smallest absolute Gasteiger partial charge is 0.171 e. The van der Waals surface area contributed by atoms with E-state index >= 15 is 0 Å². The van der Waals surface area contributed by atoms with E-state index in [1.807, 2.05) is 31.2 Å². The minimum absolute atomic E-state index is 0.00169. The number of hydrogen-bond acceptors (Lipinski definition) is 4. The van der Waals surface area contributed by atoms with Gasteiger partial charge in [-0.1, -0.05) is 35.0 Å². The van der Waals surface area contributed by atoms with Gasteiger partial charge in [-0.25, -0.2) is 0 Å². The van der Waals surface area contributed by atoms with Crippen LogP contribution < -0.4 is 0 Å². The van der Waals surface area contributed by atoms with Crippen molar-refractivity contribution in [3.05, 3.63) is 35.4 Å². The fraction of sp³-hybridized carbons (Fsp3) is 0.429. The van der Waals surface area contributed by atoms with Crippen molar-refractivity contribution >= 4 is 11.5 Å². The van der Waals surface area contributed by atoms with Gasteiger partial charge in [0.25, 0.3) is 0 Å². The summed E-state index contributed by atoms with van der Waals surface area (Å²) in [4.78, 5) is 17.3. The Bertz CT molecular complexity index is 530. The highest BCUT2D eigenvalue weighted by Crippen LogP contribution is 2.40. The fourth-order valence-electron chi connectivity index (χ4n) is 2.69. The number of hydrogen-bond donors (Lipinski definition) is 1. The summed E-state index contributed by atoms with van der Waals surface area (Å²) in [5, 5.41) is 14.1. The van der Waals surface area contributed by atoms with E-state index in [-0.39, 0.29) is 12.2 Å². The van der Waals surface area contributed by atoms with Gasteiger partial charge in [0.2, 0.25) is 0 Å². The molecule has 1 N–H and O–H groups in total. The molecular weight excluding hydrogens is 230 g/mol. The molecule has 1 aliphatic carbocycles. The molecule has 4 nitrogen and oxygen atoms in total. The van der Waals surface area contributed by atoms with Crippen molar-refractivity contribution in [3.8, 4) is 0 Å². The number of aryl methyl sites for hydroxylation is 1. The van der Waals surface area contributed by atoms with Gasteiger partial charge in [-0.2, -0.15) is 0 Å². The third kappa shape index (κ3) is 1.56. The maximum absolute atomic E-state index is 12.0. The van der Waals surface area contributed by atoms with Gasteiger partial charge in [0.05, 0.1) is 0 Å². The number of ketones is 1. The monoisotopic (exact) mass is 245 g/mol. The maximum atomic E-state index is 12.0. The van der Waals surface area contributed by atoms with Crippen LogP contribution in [-0.4, -0.2) is 28.3 Å². The zero-order valence-corrected chi connectivity index (χ0v) is 10.4. The molecule has 0 saturated heterocycles. The summed E-state index contributed by atoms with van der Waals surface area (Å²) in [6, 6.07) is 7.81. The molecule has 0 amide bonds. The lowest BCUT2D eigenvalue weighted by molar-refractivity contribution is -0.119. The Labute approximate surface area is 105 Å². The molecule has 3 rings (SSSR count). The maximum Gasteiger partial charge on any atom is 0.171 e. The Morgan fingerprint density at radius 2 is 2.06 bits per heavy atom. The van der Waals surface area contributed by atoms with Crippen LogP contribution in [0.2, 0.25) is 0 Å². The average molecular weight is 245 g/mol. The molecule has 1 aromatic carbocycles. The van der Waals surface area contributed by atoms with Gasteiger partial charge in [-0.3, -0.25) is 4.79 Å². The second-order valence-corrected chi connectivity index (χ2v) is 5.35. The molecule has 2 aliphatic rings. The largest absolute Gasteiger partial charge is 0.388 e. The summed E-state index contributed by atoms with van der Waals surface area (Å²) in [5.41, 5.74) is 1.57. The number of rotatable bonds is 1. The van der Waals surface area contributed by atoms with Crippen LogP contribution in [0.15, 0.2) is 29.4 Å². The quantitative estimate of drug-likeness (QED) is 0.814. The van der Waals surface area contributed by atoms with Crippen LogP contribution in [0.3, 0.4) is 0 Å². The number of nitrogens with zero attached hydrogens (tertiary/aromatic N) is 1. The summed E-state index contributed by atoms with van der Waals surface area (Å²) in [5.74, 6) is -0.426. The molecule has 0 aromatic heterocycles. The minimum Gasteiger partial charge on any atom is -0.388 e. The van der Waals surface area contributed by atoms with E-state index in [0.717, 1.165) is 11.1 Å². The van der Waals surface area contributed by atoms with Gasteiger partial charge in [0.1, 0.15) is 23.0 Å². The molecule has 1 aromatic rings. The van der Waals surface area contributed by atoms with E-state index in [4.69, 9.17) is 4.84 Å². The van der Waals surface area contributed by atoms with E-state index in [1.165, 1.54) is 0 Å². The lowest BCUT2D eigenvalue weighted by Crippen LogP contribution is -2.37. The van der Waals surface area contributed by atoms with Crippen LogP contribution in [0, 0.1) is 12.8 Å². The zero-order chi connectivity index (χ0) is 12.9. The minimum atomic E-state index is -1.11. The molecule has 0 radical (unpaired) electrons. The molecule has 0 bridgehead atoms. The Kier molecular flexibility index (Phi) is 2.32. The number of carbonyl (C=O) groups is 1. The highest BCUT2D eigenvalue weighted by molar-refractivity contribution is 6.16. The fourth-order valence-corrected chi connectivity index (χ4v) is 2.69. The number of benzene rings is 1. The summed E-state index contributed by atoms with van der Waals surface area (Å²) in [6.45, 7) is 3.63. The molecule has 0 spiro atoms. The molecule has 1 heterocycles. The molecule has 3 atom stereocenters. The van der Waals surface area contributed by atoms with Crippen LogP contribution >= 0.6 is 0 Å². The van der Waals surface area contributed by atoms with Gasteiger partial charge in [-0.15, -0.1) is 0 Å². The van der Waals surface area contributed by atoms with Gasteiger partial charge in [0.15, 0.2) is 6.10 Å². The van der Waals surface area contributed by atoms with Crippen LogP contribution in [0.4, 0.5) is 0 Å². The summed E-state index contributed by atoms with van der Waals surface area (Å²) >= 11 is 0. The van der Waals surface area contributed by atoms with Gasteiger partial charge >= 0.3 is 0 Å². The lowest BCUT2D eigenvalue weighted by atomic mass is 9.91. The van der Waals surface area contributed by atoms with Crippen LogP contribution in [-0.2, 0) is 9.63 Å².